The van der Waals surface area contributed by atoms with Crippen molar-refractivity contribution < 1.29 is 0 Å². The normalized spacial score (nSPS) is 17.3. The quantitative estimate of drug-likeness (QED) is 0.491. The first-order valence-electron chi connectivity index (χ1n) is 8.25. The van der Waals surface area contributed by atoms with Crippen LogP contribution in [0.1, 0.15) is 30.9 Å². The van der Waals surface area contributed by atoms with E-state index in [9.17, 15) is 0 Å². The molecule has 4 aromatic rings. The Morgan fingerprint density at radius 1 is 0.773 bits per heavy atom. The molecule has 5 rings (SSSR count). The number of benzene rings is 4. The maximum absolute atomic E-state index is 6.60. The molecule has 0 unspecified atom stereocenters. The molecule has 1 fully saturated rings. The second kappa shape index (κ2) is 4.44. The van der Waals surface area contributed by atoms with Crippen LogP contribution in [0.3, 0.4) is 0 Å². The fourth-order valence-electron chi connectivity index (χ4n) is 4.10. The predicted octanol–water partition coefficient (Wildman–Crippen LogP) is 5.38. The van der Waals surface area contributed by atoms with Gasteiger partial charge < -0.3 is 5.73 Å². The molecule has 1 nitrogen and oxygen atoms in total. The fraction of sp³-hybridized carbons (Fsp3) is 0.238. The molecule has 0 saturated heterocycles. The first-order valence-corrected chi connectivity index (χ1v) is 8.25. The Labute approximate surface area is 130 Å². The van der Waals surface area contributed by atoms with Gasteiger partial charge in [-0.15, -0.1) is 0 Å². The average Bonchev–Trinajstić information content (AvgIpc) is 2.50. The summed E-state index contributed by atoms with van der Waals surface area (Å²) in [6, 6.07) is 20.2. The van der Waals surface area contributed by atoms with E-state index in [-0.39, 0.29) is 6.04 Å². The van der Waals surface area contributed by atoms with Crippen molar-refractivity contribution in [3.63, 3.8) is 0 Å². The molecular formula is C21H19N. The number of nitrogens with two attached hydrogens (primary N) is 1. The maximum Gasteiger partial charge on any atom is 0.0329 e. The standard InChI is InChI=1S/C21H19N/c22-21(16-5-2-6-16)18-12-10-15-8-7-13-3-1-4-14-9-11-17(18)20(15)19(13)14/h1,3-4,7-12,16,21H,2,5-6,22H2/t21-/m1/s1. The van der Waals surface area contributed by atoms with Gasteiger partial charge in [0.2, 0.25) is 0 Å². The van der Waals surface area contributed by atoms with E-state index in [1.54, 1.807) is 0 Å². The monoisotopic (exact) mass is 285 g/mol. The second-order valence-corrected chi connectivity index (χ2v) is 6.73. The van der Waals surface area contributed by atoms with Crippen LogP contribution >= 0.6 is 0 Å². The van der Waals surface area contributed by atoms with Gasteiger partial charge in [-0.3, -0.25) is 0 Å². The molecule has 1 saturated carbocycles. The van der Waals surface area contributed by atoms with Crippen molar-refractivity contribution in [1.29, 1.82) is 0 Å². The molecule has 0 amide bonds. The van der Waals surface area contributed by atoms with Gasteiger partial charge in [0.1, 0.15) is 0 Å². The zero-order valence-electron chi connectivity index (χ0n) is 12.5. The van der Waals surface area contributed by atoms with Crippen LogP contribution in [0.25, 0.3) is 32.3 Å². The summed E-state index contributed by atoms with van der Waals surface area (Å²) < 4.78 is 0. The van der Waals surface area contributed by atoms with Gasteiger partial charge in [-0.25, -0.2) is 0 Å². The molecule has 22 heavy (non-hydrogen) atoms. The minimum absolute atomic E-state index is 0.179. The largest absolute Gasteiger partial charge is 0.324 e. The lowest BCUT2D eigenvalue weighted by atomic mass is 9.76. The van der Waals surface area contributed by atoms with Crippen molar-refractivity contribution in [3.8, 4) is 0 Å². The highest BCUT2D eigenvalue weighted by molar-refractivity contribution is 6.23. The van der Waals surface area contributed by atoms with Crippen molar-refractivity contribution in [2.45, 2.75) is 25.3 Å². The molecule has 1 atom stereocenters. The predicted molar refractivity (Wildman–Crippen MR) is 94.4 cm³/mol. The van der Waals surface area contributed by atoms with E-state index >= 15 is 0 Å². The van der Waals surface area contributed by atoms with Gasteiger partial charge in [0.05, 0.1) is 0 Å². The Morgan fingerprint density at radius 2 is 1.41 bits per heavy atom. The van der Waals surface area contributed by atoms with Gasteiger partial charge in [-0.05, 0) is 56.6 Å². The van der Waals surface area contributed by atoms with Crippen molar-refractivity contribution >= 4 is 32.3 Å². The smallest absolute Gasteiger partial charge is 0.0329 e. The average molecular weight is 285 g/mol. The number of rotatable bonds is 2. The summed E-state index contributed by atoms with van der Waals surface area (Å²) >= 11 is 0. The van der Waals surface area contributed by atoms with Gasteiger partial charge in [-0.1, -0.05) is 61.0 Å². The van der Waals surface area contributed by atoms with Gasteiger partial charge in [0, 0.05) is 6.04 Å². The molecule has 0 heterocycles. The topological polar surface area (TPSA) is 26.0 Å². The van der Waals surface area contributed by atoms with Crippen LogP contribution < -0.4 is 5.73 Å². The van der Waals surface area contributed by atoms with Crippen LogP contribution in [0.5, 0.6) is 0 Å². The molecular weight excluding hydrogens is 266 g/mol. The lowest BCUT2D eigenvalue weighted by Gasteiger charge is -2.32. The van der Waals surface area contributed by atoms with Gasteiger partial charge in [0.15, 0.2) is 0 Å². The number of hydrogen-bond donors (Lipinski definition) is 1. The van der Waals surface area contributed by atoms with Crippen LogP contribution in [0.4, 0.5) is 0 Å². The first kappa shape index (κ1) is 12.4. The molecule has 108 valence electrons. The van der Waals surface area contributed by atoms with E-state index < -0.39 is 0 Å². The third kappa shape index (κ3) is 1.57. The van der Waals surface area contributed by atoms with Crippen LogP contribution in [0.2, 0.25) is 0 Å². The zero-order chi connectivity index (χ0) is 14.7. The Bertz CT molecular complexity index is 965. The lowest BCUT2D eigenvalue weighted by Crippen LogP contribution is -2.27. The Kier molecular flexibility index (Phi) is 2.51. The Balaban J connectivity index is 1.89. The van der Waals surface area contributed by atoms with E-state index in [0.29, 0.717) is 5.92 Å². The highest BCUT2D eigenvalue weighted by atomic mass is 14.7. The summed E-state index contributed by atoms with van der Waals surface area (Å²) in [7, 11) is 0. The molecule has 0 bridgehead atoms. The van der Waals surface area contributed by atoms with Crippen LogP contribution in [-0.4, -0.2) is 0 Å². The lowest BCUT2D eigenvalue weighted by molar-refractivity contribution is 0.265. The molecule has 0 aliphatic heterocycles. The molecule has 1 heteroatoms. The van der Waals surface area contributed by atoms with E-state index in [1.807, 2.05) is 0 Å². The fourth-order valence-corrected chi connectivity index (χ4v) is 4.10. The van der Waals surface area contributed by atoms with Crippen LogP contribution in [0.15, 0.2) is 54.6 Å². The summed E-state index contributed by atoms with van der Waals surface area (Å²) in [4.78, 5) is 0. The summed E-state index contributed by atoms with van der Waals surface area (Å²) in [5.41, 5.74) is 7.93. The van der Waals surface area contributed by atoms with Crippen molar-refractivity contribution in [1.82, 2.24) is 0 Å². The zero-order valence-corrected chi connectivity index (χ0v) is 12.5. The van der Waals surface area contributed by atoms with Crippen molar-refractivity contribution in [2.75, 3.05) is 0 Å². The third-order valence-corrected chi connectivity index (χ3v) is 5.58. The molecule has 4 aromatic carbocycles. The minimum Gasteiger partial charge on any atom is -0.324 e. The Morgan fingerprint density at radius 3 is 2.09 bits per heavy atom. The molecule has 1 aliphatic rings. The molecule has 1 aliphatic carbocycles. The van der Waals surface area contributed by atoms with Crippen LogP contribution in [0, 0.1) is 5.92 Å². The van der Waals surface area contributed by atoms with Crippen LogP contribution in [-0.2, 0) is 0 Å². The highest BCUT2D eigenvalue weighted by Crippen LogP contribution is 2.41. The van der Waals surface area contributed by atoms with Gasteiger partial charge >= 0.3 is 0 Å². The summed E-state index contributed by atoms with van der Waals surface area (Å²) in [5.74, 6) is 0.665. The second-order valence-electron chi connectivity index (χ2n) is 6.73. The summed E-state index contributed by atoms with van der Waals surface area (Å²) in [5, 5.41) is 8.10. The van der Waals surface area contributed by atoms with Gasteiger partial charge in [0.25, 0.3) is 0 Å². The van der Waals surface area contributed by atoms with E-state index in [4.69, 9.17) is 5.73 Å². The van der Waals surface area contributed by atoms with Crippen molar-refractivity contribution in [2.24, 2.45) is 11.7 Å². The SMILES string of the molecule is N[C@@H](c1ccc2ccc3cccc4ccc1c2c34)C1CCC1. The van der Waals surface area contributed by atoms with Gasteiger partial charge in [-0.2, -0.15) is 0 Å². The van der Waals surface area contributed by atoms with E-state index in [1.165, 1.54) is 57.1 Å². The first-order chi connectivity index (χ1) is 10.8. The highest BCUT2D eigenvalue weighted by Gasteiger charge is 2.27. The molecule has 2 N–H and O–H groups in total. The summed E-state index contributed by atoms with van der Waals surface area (Å²) in [6.07, 6.45) is 3.90. The summed E-state index contributed by atoms with van der Waals surface area (Å²) in [6.45, 7) is 0. The molecule has 0 aromatic heterocycles. The number of hydrogen-bond acceptors (Lipinski definition) is 1. The third-order valence-electron chi connectivity index (χ3n) is 5.58. The van der Waals surface area contributed by atoms with E-state index in [0.717, 1.165) is 0 Å². The Hall–Kier alpha value is -2.12. The molecule has 0 radical (unpaired) electrons. The molecule has 0 spiro atoms. The van der Waals surface area contributed by atoms with Crippen molar-refractivity contribution in [3.05, 3.63) is 60.2 Å². The van der Waals surface area contributed by atoms with E-state index in [2.05, 4.69) is 54.6 Å². The minimum atomic E-state index is 0.179. The maximum atomic E-state index is 6.60.